The standard InChI is InChI=1S/C21H17ClF3NO2/c1-28-20(27)12-7-5-11(6-8-12)18-14-4-2-3-13(14)17-15(21(23,24)25)9-10-16(22)19(17)26-18/h2-3,5-10,13-14,18,26H,4H2,1H3/t13-,14+,18+/m1/s1. The molecule has 0 fully saturated rings. The summed E-state index contributed by atoms with van der Waals surface area (Å²) in [6.45, 7) is 0. The lowest BCUT2D eigenvalue weighted by Crippen LogP contribution is -2.31. The van der Waals surface area contributed by atoms with Gasteiger partial charge in [0.05, 0.1) is 35.0 Å². The van der Waals surface area contributed by atoms with Crippen LogP contribution in [0.1, 0.15) is 45.4 Å². The molecule has 2 aliphatic rings. The van der Waals surface area contributed by atoms with Gasteiger partial charge in [-0.1, -0.05) is 35.9 Å². The second-order valence-corrected chi connectivity index (χ2v) is 7.38. The first kappa shape index (κ1) is 18.9. The van der Waals surface area contributed by atoms with E-state index in [0.717, 1.165) is 11.6 Å². The number of allylic oxidation sites excluding steroid dienone is 2. The normalized spacial score (nSPS) is 23.0. The Hall–Kier alpha value is -2.47. The third kappa shape index (κ3) is 3.05. The molecule has 3 atom stereocenters. The van der Waals surface area contributed by atoms with Crippen LogP contribution in [-0.4, -0.2) is 13.1 Å². The van der Waals surface area contributed by atoms with Crippen molar-refractivity contribution < 1.29 is 22.7 Å². The Balaban J connectivity index is 1.78. The maximum absolute atomic E-state index is 13.6. The highest BCUT2D eigenvalue weighted by Crippen LogP contribution is 2.54. The van der Waals surface area contributed by atoms with E-state index in [9.17, 15) is 18.0 Å². The molecule has 1 heterocycles. The third-order valence-electron chi connectivity index (χ3n) is 5.47. The highest BCUT2D eigenvalue weighted by molar-refractivity contribution is 6.33. The van der Waals surface area contributed by atoms with Crippen LogP contribution in [0.5, 0.6) is 0 Å². The topological polar surface area (TPSA) is 38.3 Å². The van der Waals surface area contributed by atoms with E-state index in [1.165, 1.54) is 13.2 Å². The zero-order valence-corrected chi connectivity index (χ0v) is 15.6. The van der Waals surface area contributed by atoms with Gasteiger partial charge in [-0.05, 0) is 47.7 Å². The summed E-state index contributed by atoms with van der Waals surface area (Å²) in [4.78, 5) is 11.7. The van der Waals surface area contributed by atoms with Crippen LogP contribution in [-0.2, 0) is 10.9 Å². The van der Waals surface area contributed by atoms with Crippen LogP contribution < -0.4 is 5.32 Å². The number of fused-ring (bicyclic) bond motifs is 3. The number of methoxy groups -OCH3 is 1. The summed E-state index contributed by atoms with van der Waals surface area (Å²) in [5.41, 5.74) is 1.18. The maximum Gasteiger partial charge on any atom is 0.416 e. The Labute approximate surface area is 165 Å². The number of benzene rings is 2. The highest BCUT2D eigenvalue weighted by Gasteiger charge is 2.44. The van der Waals surface area contributed by atoms with Gasteiger partial charge in [0.15, 0.2) is 0 Å². The molecule has 2 aromatic rings. The van der Waals surface area contributed by atoms with E-state index in [0.29, 0.717) is 17.7 Å². The molecule has 2 aromatic carbocycles. The van der Waals surface area contributed by atoms with Crippen molar-refractivity contribution >= 4 is 23.3 Å². The maximum atomic E-state index is 13.6. The predicted molar refractivity (Wildman–Crippen MR) is 101 cm³/mol. The summed E-state index contributed by atoms with van der Waals surface area (Å²) in [6.07, 6.45) is -0.0363. The monoisotopic (exact) mass is 407 g/mol. The minimum absolute atomic E-state index is 0.0731. The van der Waals surface area contributed by atoms with Gasteiger partial charge in [0.25, 0.3) is 0 Å². The minimum Gasteiger partial charge on any atom is -0.465 e. The van der Waals surface area contributed by atoms with Crippen LogP contribution in [0.15, 0.2) is 48.6 Å². The first-order valence-electron chi connectivity index (χ1n) is 8.82. The molecule has 0 amide bonds. The van der Waals surface area contributed by atoms with Crippen molar-refractivity contribution in [1.29, 1.82) is 0 Å². The molecule has 1 aliphatic carbocycles. The average molecular weight is 408 g/mol. The molecule has 0 saturated heterocycles. The van der Waals surface area contributed by atoms with Crippen LogP contribution in [0.2, 0.25) is 5.02 Å². The fraction of sp³-hybridized carbons (Fsp3) is 0.286. The van der Waals surface area contributed by atoms with Gasteiger partial charge in [-0.2, -0.15) is 13.2 Å². The zero-order chi connectivity index (χ0) is 20.1. The number of hydrogen-bond acceptors (Lipinski definition) is 3. The minimum atomic E-state index is -4.45. The molecule has 0 unspecified atom stereocenters. The molecule has 1 aliphatic heterocycles. The molecule has 7 heteroatoms. The van der Waals surface area contributed by atoms with Gasteiger partial charge in [-0.15, -0.1) is 0 Å². The van der Waals surface area contributed by atoms with Crippen LogP contribution in [0, 0.1) is 5.92 Å². The van der Waals surface area contributed by atoms with E-state index in [1.54, 1.807) is 24.3 Å². The van der Waals surface area contributed by atoms with Crippen LogP contribution in [0.4, 0.5) is 18.9 Å². The van der Waals surface area contributed by atoms with Gasteiger partial charge in [-0.25, -0.2) is 4.79 Å². The van der Waals surface area contributed by atoms with Crippen molar-refractivity contribution in [1.82, 2.24) is 0 Å². The Morgan fingerprint density at radius 2 is 1.89 bits per heavy atom. The van der Waals surface area contributed by atoms with Gasteiger partial charge in [0, 0.05) is 5.92 Å². The quantitative estimate of drug-likeness (QED) is 0.492. The fourth-order valence-corrected chi connectivity index (χ4v) is 4.42. The number of esters is 1. The number of ether oxygens (including phenoxy) is 1. The Morgan fingerprint density at radius 1 is 1.18 bits per heavy atom. The van der Waals surface area contributed by atoms with E-state index in [-0.39, 0.29) is 28.5 Å². The summed E-state index contributed by atoms with van der Waals surface area (Å²) >= 11 is 6.28. The molecule has 0 radical (unpaired) electrons. The first-order valence-corrected chi connectivity index (χ1v) is 9.20. The molecular weight excluding hydrogens is 391 g/mol. The van der Waals surface area contributed by atoms with Gasteiger partial charge in [0.2, 0.25) is 0 Å². The van der Waals surface area contributed by atoms with E-state index in [2.05, 4.69) is 5.32 Å². The summed E-state index contributed by atoms with van der Waals surface area (Å²) in [7, 11) is 1.31. The fourth-order valence-electron chi connectivity index (χ4n) is 4.20. The predicted octanol–water partition coefficient (Wildman–Crippen LogP) is 5.97. The van der Waals surface area contributed by atoms with E-state index >= 15 is 0 Å². The molecule has 0 spiro atoms. The summed E-state index contributed by atoms with van der Waals surface area (Å²) in [5, 5.41) is 3.50. The number of rotatable bonds is 2. The molecular formula is C21H17ClF3NO2. The Kier molecular flexibility index (Phi) is 4.62. The molecule has 1 N–H and O–H groups in total. The smallest absolute Gasteiger partial charge is 0.416 e. The molecule has 0 saturated carbocycles. The zero-order valence-electron chi connectivity index (χ0n) is 14.9. The number of carbonyl (C=O) groups excluding carboxylic acids is 1. The lowest BCUT2D eigenvalue weighted by molar-refractivity contribution is -0.138. The van der Waals surface area contributed by atoms with Crippen molar-refractivity contribution in [3.63, 3.8) is 0 Å². The van der Waals surface area contributed by atoms with E-state index in [4.69, 9.17) is 16.3 Å². The van der Waals surface area contributed by atoms with Crippen LogP contribution in [0.25, 0.3) is 0 Å². The summed E-state index contributed by atoms with van der Waals surface area (Å²) < 4.78 is 45.5. The molecule has 3 nitrogen and oxygen atoms in total. The molecule has 0 bridgehead atoms. The number of alkyl halides is 3. The van der Waals surface area contributed by atoms with Crippen molar-refractivity contribution in [2.75, 3.05) is 12.4 Å². The number of hydrogen-bond donors (Lipinski definition) is 1. The molecule has 28 heavy (non-hydrogen) atoms. The lowest BCUT2D eigenvalue weighted by atomic mass is 9.75. The lowest BCUT2D eigenvalue weighted by Gasteiger charge is -2.39. The SMILES string of the molecule is COC(=O)c1ccc([C@@H]2Nc3c(Cl)ccc(C(F)(F)F)c3[C@@H]3C=CC[C@@H]32)cc1. The van der Waals surface area contributed by atoms with Crippen molar-refractivity contribution in [3.05, 3.63) is 75.8 Å². The van der Waals surface area contributed by atoms with Crippen molar-refractivity contribution in [3.8, 4) is 0 Å². The van der Waals surface area contributed by atoms with Crippen molar-refractivity contribution in [2.45, 2.75) is 24.6 Å². The Morgan fingerprint density at radius 3 is 2.54 bits per heavy atom. The second-order valence-electron chi connectivity index (χ2n) is 6.97. The third-order valence-corrected chi connectivity index (χ3v) is 5.78. The van der Waals surface area contributed by atoms with Crippen LogP contribution >= 0.6 is 11.6 Å². The number of nitrogens with one attached hydrogen (secondary N) is 1. The highest BCUT2D eigenvalue weighted by atomic mass is 35.5. The van der Waals surface area contributed by atoms with Gasteiger partial charge < -0.3 is 10.1 Å². The first-order chi connectivity index (χ1) is 13.3. The molecule has 4 rings (SSSR count). The van der Waals surface area contributed by atoms with E-state index < -0.39 is 17.7 Å². The average Bonchev–Trinajstić information content (AvgIpc) is 3.16. The molecule has 0 aromatic heterocycles. The number of halogens is 4. The number of anilines is 1. The largest absolute Gasteiger partial charge is 0.465 e. The van der Waals surface area contributed by atoms with Gasteiger partial charge in [0.1, 0.15) is 0 Å². The van der Waals surface area contributed by atoms with Crippen molar-refractivity contribution in [2.24, 2.45) is 5.92 Å². The van der Waals surface area contributed by atoms with E-state index in [1.807, 2.05) is 12.2 Å². The van der Waals surface area contributed by atoms with Gasteiger partial charge >= 0.3 is 12.1 Å². The molecule has 146 valence electrons. The Bertz CT molecular complexity index is 953. The van der Waals surface area contributed by atoms with Gasteiger partial charge in [-0.3, -0.25) is 0 Å². The van der Waals surface area contributed by atoms with Crippen LogP contribution in [0.3, 0.4) is 0 Å². The second kappa shape index (κ2) is 6.85. The number of carbonyl (C=O) groups is 1. The summed E-state index contributed by atoms with van der Waals surface area (Å²) in [6, 6.07) is 9.02. The summed E-state index contributed by atoms with van der Waals surface area (Å²) in [5.74, 6) is -0.889.